The lowest BCUT2D eigenvalue weighted by atomic mass is 9.98. The van der Waals surface area contributed by atoms with E-state index in [1.165, 1.54) is 0 Å². The SMILES string of the molecule is O=C1CC[C@@H](CO)[C@@H]1CO. The highest BCUT2D eigenvalue weighted by Crippen LogP contribution is 2.27. The lowest BCUT2D eigenvalue weighted by Crippen LogP contribution is -2.21. The lowest BCUT2D eigenvalue weighted by molar-refractivity contribution is -0.122. The molecule has 1 fully saturated rings. The molecule has 0 bridgehead atoms. The first-order valence-electron chi connectivity index (χ1n) is 3.54. The van der Waals surface area contributed by atoms with Gasteiger partial charge in [-0.15, -0.1) is 0 Å². The van der Waals surface area contributed by atoms with Crippen molar-refractivity contribution in [2.75, 3.05) is 13.2 Å². The van der Waals surface area contributed by atoms with Crippen molar-refractivity contribution >= 4 is 5.78 Å². The van der Waals surface area contributed by atoms with Crippen molar-refractivity contribution in [2.24, 2.45) is 11.8 Å². The van der Waals surface area contributed by atoms with Gasteiger partial charge >= 0.3 is 0 Å². The van der Waals surface area contributed by atoms with Gasteiger partial charge in [-0.05, 0) is 12.3 Å². The van der Waals surface area contributed by atoms with Crippen molar-refractivity contribution in [1.29, 1.82) is 0 Å². The maximum atomic E-state index is 10.9. The number of aliphatic hydroxyl groups excluding tert-OH is 2. The molecule has 0 spiro atoms. The van der Waals surface area contributed by atoms with E-state index >= 15 is 0 Å². The first-order valence-corrected chi connectivity index (χ1v) is 3.54. The van der Waals surface area contributed by atoms with Crippen LogP contribution in [0.25, 0.3) is 0 Å². The number of aliphatic hydroxyl groups is 2. The third-order valence-electron chi connectivity index (χ3n) is 2.18. The van der Waals surface area contributed by atoms with Crippen LogP contribution in [0.2, 0.25) is 0 Å². The van der Waals surface area contributed by atoms with Gasteiger partial charge in [-0.1, -0.05) is 0 Å². The molecule has 0 aromatic rings. The Kier molecular flexibility index (Phi) is 2.40. The Bertz CT molecular complexity index is 133. The largest absolute Gasteiger partial charge is 0.396 e. The summed E-state index contributed by atoms with van der Waals surface area (Å²) in [6.07, 6.45) is 1.26. The quantitative estimate of drug-likeness (QED) is 0.552. The minimum Gasteiger partial charge on any atom is -0.396 e. The summed E-state index contributed by atoms with van der Waals surface area (Å²) in [5.74, 6) is -0.177. The van der Waals surface area contributed by atoms with E-state index in [1.807, 2.05) is 0 Å². The molecule has 3 heteroatoms. The molecule has 0 aromatic heterocycles. The molecule has 3 nitrogen and oxygen atoms in total. The molecule has 0 aromatic carbocycles. The molecular formula is C7H12O3. The Morgan fingerprint density at radius 2 is 2.10 bits per heavy atom. The number of carbonyl (C=O) groups excluding carboxylic acids is 1. The van der Waals surface area contributed by atoms with Gasteiger partial charge in [0, 0.05) is 18.9 Å². The molecule has 1 rings (SSSR count). The number of ketones is 1. The van der Waals surface area contributed by atoms with Crippen LogP contribution in [0, 0.1) is 11.8 Å². The normalized spacial score (nSPS) is 33.2. The monoisotopic (exact) mass is 144 g/mol. The Balaban J connectivity index is 2.54. The van der Waals surface area contributed by atoms with Crippen LogP contribution in [-0.4, -0.2) is 29.2 Å². The van der Waals surface area contributed by atoms with Gasteiger partial charge in [0.2, 0.25) is 0 Å². The summed E-state index contributed by atoms with van der Waals surface area (Å²) < 4.78 is 0. The molecule has 2 atom stereocenters. The minimum absolute atomic E-state index is 0.0116. The van der Waals surface area contributed by atoms with Crippen LogP contribution in [-0.2, 0) is 4.79 Å². The van der Waals surface area contributed by atoms with Crippen LogP contribution in [0.1, 0.15) is 12.8 Å². The topological polar surface area (TPSA) is 57.5 Å². The number of rotatable bonds is 2. The second-order valence-electron chi connectivity index (χ2n) is 2.74. The lowest BCUT2D eigenvalue weighted by Gasteiger charge is -2.11. The molecule has 2 N–H and O–H groups in total. The number of hydrogen-bond donors (Lipinski definition) is 2. The first-order chi connectivity index (χ1) is 4.79. The van der Waals surface area contributed by atoms with Crippen molar-refractivity contribution in [3.05, 3.63) is 0 Å². The van der Waals surface area contributed by atoms with E-state index in [4.69, 9.17) is 10.2 Å². The van der Waals surface area contributed by atoms with Crippen LogP contribution in [0.4, 0.5) is 0 Å². The second-order valence-corrected chi connectivity index (χ2v) is 2.74. The van der Waals surface area contributed by atoms with Gasteiger partial charge < -0.3 is 10.2 Å². The zero-order chi connectivity index (χ0) is 7.56. The third-order valence-corrected chi connectivity index (χ3v) is 2.18. The Hall–Kier alpha value is -0.410. The van der Waals surface area contributed by atoms with Gasteiger partial charge in [0.05, 0.1) is 6.61 Å². The van der Waals surface area contributed by atoms with E-state index < -0.39 is 0 Å². The van der Waals surface area contributed by atoms with Crippen LogP contribution in [0.3, 0.4) is 0 Å². The fourth-order valence-electron chi connectivity index (χ4n) is 1.45. The van der Waals surface area contributed by atoms with Crippen LogP contribution in [0.5, 0.6) is 0 Å². The molecule has 1 aliphatic rings. The van der Waals surface area contributed by atoms with Gasteiger partial charge in [-0.25, -0.2) is 0 Å². The molecule has 10 heavy (non-hydrogen) atoms. The summed E-state index contributed by atoms with van der Waals surface area (Å²) in [7, 11) is 0. The molecule has 58 valence electrons. The predicted octanol–water partition coefficient (Wildman–Crippen LogP) is -0.434. The van der Waals surface area contributed by atoms with Crippen LogP contribution in [0.15, 0.2) is 0 Å². The minimum atomic E-state index is -0.287. The van der Waals surface area contributed by atoms with Crippen molar-refractivity contribution in [3.63, 3.8) is 0 Å². The van der Waals surface area contributed by atoms with E-state index in [1.54, 1.807) is 0 Å². The van der Waals surface area contributed by atoms with E-state index in [-0.39, 0.29) is 30.8 Å². The van der Waals surface area contributed by atoms with Crippen molar-refractivity contribution < 1.29 is 15.0 Å². The van der Waals surface area contributed by atoms with Gasteiger partial charge in [-0.3, -0.25) is 4.79 Å². The first kappa shape index (κ1) is 7.69. The van der Waals surface area contributed by atoms with E-state index in [2.05, 4.69) is 0 Å². The molecule has 0 heterocycles. The van der Waals surface area contributed by atoms with E-state index in [0.717, 1.165) is 6.42 Å². The van der Waals surface area contributed by atoms with Gasteiger partial charge in [0.25, 0.3) is 0 Å². The molecular weight excluding hydrogens is 132 g/mol. The van der Waals surface area contributed by atoms with Crippen LogP contribution >= 0.6 is 0 Å². The maximum absolute atomic E-state index is 10.9. The predicted molar refractivity (Wildman–Crippen MR) is 35.4 cm³/mol. The average Bonchev–Trinajstić information content (AvgIpc) is 2.30. The third kappa shape index (κ3) is 1.20. The summed E-state index contributed by atoms with van der Waals surface area (Å²) >= 11 is 0. The summed E-state index contributed by atoms with van der Waals surface area (Å²) in [6, 6.07) is 0. The van der Waals surface area contributed by atoms with Gasteiger partial charge in [0.1, 0.15) is 5.78 Å². The summed E-state index contributed by atoms with van der Waals surface area (Å²) in [5.41, 5.74) is 0. The number of hydrogen-bond acceptors (Lipinski definition) is 3. The summed E-state index contributed by atoms with van der Waals surface area (Å²) in [5, 5.41) is 17.4. The number of Topliss-reactive ketones (excluding diaryl/α,β-unsaturated/α-hetero) is 1. The van der Waals surface area contributed by atoms with E-state index in [0.29, 0.717) is 6.42 Å². The van der Waals surface area contributed by atoms with Crippen molar-refractivity contribution in [3.8, 4) is 0 Å². The van der Waals surface area contributed by atoms with Crippen molar-refractivity contribution in [2.45, 2.75) is 12.8 Å². The standard InChI is InChI=1S/C7H12O3/c8-3-5-1-2-7(10)6(5)4-9/h5-6,8-9H,1-4H2/t5-,6-/m0/s1. The van der Waals surface area contributed by atoms with Gasteiger partial charge in [-0.2, -0.15) is 0 Å². The number of carbonyl (C=O) groups is 1. The highest BCUT2D eigenvalue weighted by atomic mass is 16.3. The smallest absolute Gasteiger partial charge is 0.138 e. The summed E-state index contributed by atoms with van der Waals surface area (Å²) in [4.78, 5) is 10.9. The molecule has 1 saturated carbocycles. The zero-order valence-electron chi connectivity index (χ0n) is 5.79. The molecule has 0 saturated heterocycles. The molecule has 0 radical (unpaired) electrons. The Morgan fingerprint density at radius 3 is 2.50 bits per heavy atom. The fourth-order valence-corrected chi connectivity index (χ4v) is 1.45. The maximum Gasteiger partial charge on any atom is 0.138 e. The molecule has 0 amide bonds. The Morgan fingerprint density at radius 1 is 1.40 bits per heavy atom. The second kappa shape index (κ2) is 3.12. The fraction of sp³-hybridized carbons (Fsp3) is 0.857. The average molecular weight is 144 g/mol. The van der Waals surface area contributed by atoms with Crippen LogP contribution < -0.4 is 0 Å². The van der Waals surface area contributed by atoms with Crippen molar-refractivity contribution in [1.82, 2.24) is 0 Å². The van der Waals surface area contributed by atoms with Gasteiger partial charge in [0.15, 0.2) is 0 Å². The summed E-state index contributed by atoms with van der Waals surface area (Å²) in [6.45, 7) is -0.0823. The molecule has 0 aliphatic heterocycles. The Labute approximate surface area is 59.7 Å². The highest BCUT2D eigenvalue weighted by molar-refractivity contribution is 5.83. The zero-order valence-corrected chi connectivity index (χ0v) is 5.79. The molecule has 0 unspecified atom stereocenters. The highest BCUT2D eigenvalue weighted by Gasteiger charge is 2.33. The molecule has 1 aliphatic carbocycles. The van der Waals surface area contributed by atoms with E-state index in [9.17, 15) is 4.79 Å².